The van der Waals surface area contributed by atoms with E-state index in [2.05, 4.69) is 0 Å². The number of sulfonamides is 1. The Morgan fingerprint density at radius 1 is 0.967 bits per heavy atom. The number of carbonyl (C=O) groups excluding carboxylic acids is 1. The molecule has 0 aromatic heterocycles. The third-order valence-corrected chi connectivity index (χ3v) is 5.35. The summed E-state index contributed by atoms with van der Waals surface area (Å²) in [6, 6.07) is 10.4. The molecular weight excluding hydrogens is 417 g/mol. The smallest absolute Gasteiger partial charge is 0.321 e. The lowest BCUT2D eigenvalue weighted by Crippen LogP contribution is -2.41. The maximum Gasteiger partial charge on any atom is 0.321 e. The van der Waals surface area contributed by atoms with Crippen molar-refractivity contribution < 1.29 is 37.0 Å². The molecule has 0 radical (unpaired) electrons. The molecular formula is C20H22FNO7S. The van der Waals surface area contributed by atoms with Crippen LogP contribution in [-0.2, 0) is 24.3 Å². The quantitative estimate of drug-likeness (QED) is 0.630. The van der Waals surface area contributed by atoms with Crippen LogP contribution in [0.1, 0.15) is 20.8 Å². The number of carbonyl (C=O) groups is 2. The first-order valence-electron chi connectivity index (χ1n) is 8.84. The van der Waals surface area contributed by atoms with Crippen molar-refractivity contribution in [3.8, 4) is 11.5 Å². The SMILES string of the molecule is CC(C)(C)OC(=O)CN(CC(=O)O)S(=O)(=O)c1ccc(Oc2ccc(F)cc2)cc1. The highest BCUT2D eigenvalue weighted by molar-refractivity contribution is 7.89. The molecule has 0 saturated carbocycles. The van der Waals surface area contributed by atoms with E-state index in [0.29, 0.717) is 10.1 Å². The van der Waals surface area contributed by atoms with Crippen LogP contribution >= 0.6 is 0 Å². The maximum absolute atomic E-state index is 13.0. The summed E-state index contributed by atoms with van der Waals surface area (Å²) in [7, 11) is -4.30. The van der Waals surface area contributed by atoms with Gasteiger partial charge >= 0.3 is 11.9 Å². The summed E-state index contributed by atoms with van der Waals surface area (Å²) in [5, 5.41) is 9.06. The summed E-state index contributed by atoms with van der Waals surface area (Å²) in [5.41, 5.74) is -0.852. The van der Waals surface area contributed by atoms with Gasteiger partial charge in [0.05, 0.1) is 4.90 Å². The van der Waals surface area contributed by atoms with E-state index in [9.17, 15) is 22.4 Å². The van der Waals surface area contributed by atoms with Crippen LogP contribution in [0.3, 0.4) is 0 Å². The van der Waals surface area contributed by atoms with Gasteiger partial charge in [0.15, 0.2) is 0 Å². The van der Waals surface area contributed by atoms with Gasteiger partial charge in [-0.15, -0.1) is 0 Å². The Kier molecular flexibility index (Phi) is 7.16. The highest BCUT2D eigenvalue weighted by Gasteiger charge is 2.30. The number of carboxylic acid groups (broad SMARTS) is 1. The normalized spacial score (nSPS) is 11.9. The van der Waals surface area contributed by atoms with Crippen LogP contribution in [0.15, 0.2) is 53.4 Å². The zero-order valence-corrected chi connectivity index (χ0v) is 17.5. The van der Waals surface area contributed by atoms with Crippen molar-refractivity contribution in [3.63, 3.8) is 0 Å². The largest absolute Gasteiger partial charge is 0.480 e. The molecule has 1 N–H and O–H groups in total. The molecule has 2 rings (SSSR count). The molecule has 0 bridgehead atoms. The lowest BCUT2D eigenvalue weighted by Gasteiger charge is -2.23. The van der Waals surface area contributed by atoms with Gasteiger partial charge in [-0.1, -0.05) is 0 Å². The van der Waals surface area contributed by atoms with E-state index in [1.807, 2.05) is 0 Å². The Balaban J connectivity index is 2.21. The highest BCUT2D eigenvalue weighted by Crippen LogP contribution is 2.24. The van der Waals surface area contributed by atoms with Gasteiger partial charge in [-0.05, 0) is 69.3 Å². The van der Waals surface area contributed by atoms with Gasteiger partial charge in [0.1, 0.15) is 36.0 Å². The summed E-state index contributed by atoms with van der Waals surface area (Å²) < 4.78 is 49.8. The minimum atomic E-state index is -4.30. The van der Waals surface area contributed by atoms with Gasteiger partial charge < -0.3 is 14.6 Å². The molecule has 10 heteroatoms. The zero-order chi connectivity index (χ0) is 22.5. The number of aliphatic carboxylic acids is 1. The van der Waals surface area contributed by atoms with E-state index in [4.69, 9.17) is 14.6 Å². The van der Waals surface area contributed by atoms with E-state index in [1.54, 1.807) is 20.8 Å². The molecule has 0 unspecified atom stereocenters. The molecule has 30 heavy (non-hydrogen) atoms. The predicted molar refractivity (Wildman–Crippen MR) is 105 cm³/mol. The molecule has 0 spiro atoms. The van der Waals surface area contributed by atoms with Gasteiger partial charge in [-0.2, -0.15) is 4.31 Å². The summed E-state index contributed by atoms with van der Waals surface area (Å²) in [6.07, 6.45) is 0. The Morgan fingerprint density at radius 2 is 1.47 bits per heavy atom. The second-order valence-electron chi connectivity index (χ2n) is 7.28. The fraction of sp³-hybridized carbons (Fsp3) is 0.300. The van der Waals surface area contributed by atoms with Crippen LogP contribution in [-0.4, -0.2) is 48.5 Å². The molecule has 0 saturated heterocycles. The minimum absolute atomic E-state index is 0.223. The fourth-order valence-electron chi connectivity index (χ4n) is 2.36. The van der Waals surface area contributed by atoms with Crippen LogP contribution in [0.4, 0.5) is 4.39 Å². The molecule has 0 amide bonds. The van der Waals surface area contributed by atoms with Crippen LogP contribution in [0.5, 0.6) is 11.5 Å². The van der Waals surface area contributed by atoms with Crippen LogP contribution in [0.2, 0.25) is 0 Å². The van der Waals surface area contributed by atoms with Crippen molar-refractivity contribution in [2.75, 3.05) is 13.1 Å². The van der Waals surface area contributed by atoms with Crippen molar-refractivity contribution in [3.05, 3.63) is 54.3 Å². The number of esters is 1. The van der Waals surface area contributed by atoms with Crippen LogP contribution < -0.4 is 4.74 Å². The predicted octanol–water partition coefficient (Wildman–Crippen LogP) is 3.04. The topological polar surface area (TPSA) is 110 Å². The summed E-state index contributed by atoms with van der Waals surface area (Å²) >= 11 is 0. The number of ether oxygens (including phenoxy) is 2. The van der Waals surface area contributed by atoms with Crippen LogP contribution in [0.25, 0.3) is 0 Å². The van der Waals surface area contributed by atoms with E-state index < -0.39 is 46.5 Å². The molecule has 0 aliphatic carbocycles. The summed E-state index contributed by atoms with van der Waals surface area (Å²) in [6.45, 7) is 3.18. The third kappa shape index (κ3) is 6.82. The number of hydrogen-bond acceptors (Lipinski definition) is 6. The second kappa shape index (κ2) is 9.23. The van der Waals surface area contributed by atoms with Gasteiger partial charge in [0.25, 0.3) is 0 Å². The summed E-state index contributed by atoms with van der Waals surface area (Å²) in [4.78, 5) is 22.9. The molecule has 0 fully saturated rings. The average Bonchev–Trinajstić information content (AvgIpc) is 2.61. The fourth-order valence-corrected chi connectivity index (χ4v) is 3.70. The van der Waals surface area contributed by atoms with Crippen LogP contribution in [0, 0.1) is 5.82 Å². The highest BCUT2D eigenvalue weighted by atomic mass is 32.2. The molecule has 2 aromatic rings. The molecule has 0 aliphatic heterocycles. The first-order valence-corrected chi connectivity index (χ1v) is 10.3. The number of halogens is 1. The van der Waals surface area contributed by atoms with Gasteiger partial charge in [-0.3, -0.25) is 9.59 Å². The minimum Gasteiger partial charge on any atom is -0.480 e. The molecule has 162 valence electrons. The molecule has 0 aliphatic rings. The standard InChI is InChI=1S/C20H22FNO7S/c1-20(2,3)29-19(25)13-22(12-18(23)24)30(26,27)17-10-8-16(9-11-17)28-15-6-4-14(21)5-7-15/h4-11H,12-13H2,1-3H3,(H,23,24). The lowest BCUT2D eigenvalue weighted by molar-refractivity contribution is -0.155. The van der Waals surface area contributed by atoms with Crippen molar-refractivity contribution in [1.82, 2.24) is 4.31 Å². The van der Waals surface area contributed by atoms with Crippen molar-refractivity contribution in [1.29, 1.82) is 0 Å². The Hall–Kier alpha value is -2.98. The third-order valence-electron chi connectivity index (χ3n) is 3.55. The van der Waals surface area contributed by atoms with E-state index >= 15 is 0 Å². The maximum atomic E-state index is 13.0. The molecule has 8 nitrogen and oxygen atoms in total. The molecule has 0 heterocycles. The monoisotopic (exact) mass is 439 g/mol. The number of hydrogen-bond donors (Lipinski definition) is 1. The van der Waals surface area contributed by atoms with Crippen molar-refractivity contribution >= 4 is 22.0 Å². The van der Waals surface area contributed by atoms with Crippen molar-refractivity contribution in [2.24, 2.45) is 0 Å². The number of nitrogens with zero attached hydrogens (tertiary/aromatic N) is 1. The number of benzene rings is 2. The van der Waals surface area contributed by atoms with E-state index in [0.717, 1.165) is 0 Å². The Morgan fingerprint density at radius 3 is 1.93 bits per heavy atom. The first kappa shape index (κ1) is 23.3. The average molecular weight is 439 g/mol. The van der Waals surface area contributed by atoms with E-state index in [-0.39, 0.29) is 10.6 Å². The number of carboxylic acids is 1. The summed E-state index contributed by atoms with van der Waals surface area (Å²) in [5.74, 6) is -2.07. The first-order chi connectivity index (χ1) is 13.9. The molecule has 0 atom stereocenters. The van der Waals surface area contributed by atoms with E-state index in [1.165, 1.54) is 48.5 Å². The number of rotatable bonds is 8. The van der Waals surface area contributed by atoms with Gasteiger partial charge in [0.2, 0.25) is 10.0 Å². The van der Waals surface area contributed by atoms with Gasteiger partial charge in [0, 0.05) is 0 Å². The lowest BCUT2D eigenvalue weighted by atomic mass is 10.2. The Bertz CT molecular complexity index is 997. The Labute approximate surface area is 173 Å². The van der Waals surface area contributed by atoms with Crippen molar-refractivity contribution in [2.45, 2.75) is 31.3 Å². The zero-order valence-electron chi connectivity index (χ0n) is 16.7. The second-order valence-corrected chi connectivity index (χ2v) is 9.22. The van der Waals surface area contributed by atoms with Gasteiger partial charge in [-0.25, -0.2) is 12.8 Å². The molecule has 2 aromatic carbocycles.